The van der Waals surface area contributed by atoms with E-state index in [1.807, 2.05) is 0 Å². The van der Waals surface area contributed by atoms with E-state index >= 15 is 0 Å². The monoisotopic (exact) mass is 264 g/mol. The summed E-state index contributed by atoms with van der Waals surface area (Å²) in [4.78, 5) is 11.8. The molecule has 0 aromatic carbocycles. The Labute approximate surface area is 116 Å². The fourth-order valence-corrected chi connectivity index (χ4v) is 5.27. The number of nitrogens with one attached hydrogen (secondary N) is 1. The van der Waals surface area contributed by atoms with Gasteiger partial charge in [0.25, 0.3) is 0 Å². The van der Waals surface area contributed by atoms with Crippen molar-refractivity contribution in [3.8, 4) is 0 Å². The minimum Gasteiger partial charge on any atom is -0.355 e. The summed E-state index contributed by atoms with van der Waals surface area (Å²) >= 11 is 0. The Kier molecular flexibility index (Phi) is 3.16. The van der Waals surface area contributed by atoms with Gasteiger partial charge < -0.3 is 11.1 Å². The second-order valence-corrected chi connectivity index (χ2v) is 8.15. The van der Waals surface area contributed by atoms with Crippen molar-refractivity contribution in [1.82, 2.24) is 5.32 Å². The molecule has 0 unspecified atom stereocenters. The molecule has 0 aromatic rings. The van der Waals surface area contributed by atoms with Gasteiger partial charge in [-0.3, -0.25) is 4.79 Å². The van der Waals surface area contributed by atoms with E-state index in [0.717, 1.165) is 24.3 Å². The molecule has 1 amide bonds. The quantitative estimate of drug-likeness (QED) is 0.819. The van der Waals surface area contributed by atoms with Crippen molar-refractivity contribution in [2.75, 3.05) is 6.54 Å². The molecule has 0 spiro atoms. The molecule has 4 bridgehead atoms. The van der Waals surface area contributed by atoms with Crippen molar-refractivity contribution >= 4 is 5.91 Å². The van der Waals surface area contributed by atoms with E-state index in [0.29, 0.717) is 5.41 Å². The van der Waals surface area contributed by atoms with Crippen molar-refractivity contribution in [2.24, 2.45) is 28.9 Å². The van der Waals surface area contributed by atoms with Crippen LogP contribution < -0.4 is 11.1 Å². The Bertz CT molecular complexity index is 334. The second-order valence-electron chi connectivity index (χ2n) is 8.15. The van der Waals surface area contributed by atoms with Gasteiger partial charge in [-0.2, -0.15) is 0 Å². The van der Waals surface area contributed by atoms with Gasteiger partial charge in [0.2, 0.25) is 5.91 Å². The predicted octanol–water partition coefficient (Wildman–Crippen LogP) is 2.45. The van der Waals surface area contributed by atoms with E-state index in [-0.39, 0.29) is 5.91 Å². The average molecular weight is 264 g/mol. The highest BCUT2D eigenvalue weighted by atomic mass is 16.2. The standard InChI is InChI=1S/C16H28N2O/c1-15(2,17)14(19)18-4-3-16-8-11-5-12(9-16)7-13(6-11)10-16/h11-13H,3-10,17H2,1-2H3,(H,18,19). The maximum Gasteiger partial charge on any atom is 0.239 e. The minimum absolute atomic E-state index is 0.0165. The van der Waals surface area contributed by atoms with Crippen LogP contribution in [0.4, 0.5) is 0 Å². The van der Waals surface area contributed by atoms with Gasteiger partial charge in [-0.15, -0.1) is 0 Å². The number of carbonyl (C=O) groups is 1. The Morgan fingerprint density at radius 2 is 1.63 bits per heavy atom. The zero-order valence-electron chi connectivity index (χ0n) is 12.4. The Morgan fingerprint density at radius 3 is 2.05 bits per heavy atom. The maximum absolute atomic E-state index is 11.8. The highest BCUT2D eigenvalue weighted by Crippen LogP contribution is 2.61. The van der Waals surface area contributed by atoms with Crippen LogP contribution in [0.1, 0.15) is 58.8 Å². The molecule has 0 radical (unpaired) electrons. The van der Waals surface area contributed by atoms with Crippen molar-refractivity contribution in [2.45, 2.75) is 64.3 Å². The lowest BCUT2D eigenvalue weighted by Crippen LogP contribution is -2.51. The number of carbonyl (C=O) groups excluding carboxylic acids is 1. The number of amides is 1. The molecule has 0 aromatic heterocycles. The summed E-state index contributed by atoms with van der Waals surface area (Å²) in [5, 5.41) is 3.03. The van der Waals surface area contributed by atoms with Gasteiger partial charge in [0.15, 0.2) is 0 Å². The molecule has 4 fully saturated rings. The third-order valence-corrected chi connectivity index (χ3v) is 5.69. The van der Waals surface area contributed by atoms with Crippen LogP contribution in [0.25, 0.3) is 0 Å². The van der Waals surface area contributed by atoms with Crippen molar-refractivity contribution in [1.29, 1.82) is 0 Å². The van der Waals surface area contributed by atoms with Crippen LogP contribution >= 0.6 is 0 Å². The van der Waals surface area contributed by atoms with Crippen LogP contribution in [0.15, 0.2) is 0 Å². The number of rotatable bonds is 4. The Morgan fingerprint density at radius 1 is 1.16 bits per heavy atom. The van der Waals surface area contributed by atoms with Gasteiger partial charge in [0, 0.05) is 6.54 Å². The predicted molar refractivity (Wildman–Crippen MR) is 76.5 cm³/mol. The molecule has 4 saturated carbocycles. The molecule has 0 atom stereocenters. The van der Waals surface area contributed by atoms with Gasteiger partial charge in [-0.05, 0) is 82.0 Å². The molecule has 4 rings (SSSR count). The second kappa shape index (κ2) is 4.47. The SMILES string of the molecule is CC(C)(N)C(=O)NCCC12CC3CC(CC(C3)C1)C2. The summed E-state index contributed by atoms with van der Waals surface area (Å²) in [6.45, 7) is 4.35. The first-order valence-electron chi connectivity index (χ1n) is 7.93. The fourth-order valence-electron chi connectivity index (χ4n) is 5.27. The van der Waals surface area contributed by atoms with E-state index in [1.54, 1.807) is 13.8 Å². The maximum atomic E-state index is 11.8. The van der Waals surface area contributed by atoms with Crippen LogP contribution in [-0.4, -0.2) is 18.0 Å². The minimum atomic E-state index is -0.749. The van der Waals surface area contributed by atoms with Crippen LogP contribution in [-0.2, 0) is 4.79 Å². The van der Waals surface area contributed by atoms with Crippen molar-refractivity contribution in [3.05, 3.63) is 0 Å². The smallest absolute Gasteiger partial charge is 0.239 e. The lowest BCUT2D eigenvalue weighted by molar-refractivity contribution is -0.125. The Hall–Kier alpha value is -0.570. The zero-order valence-corrected chi connectivity index (χ0v) is 12.4. The average Bonchev–Trinajstić information content (AvgIpc) is 2.25. The number of hydrogen-bond acceptors (Lipinski definition) is 2. The first-order valence-corrected chi connectivity index (χ1v) is 7.93. The molecule has 19 heavy (non-hydrogen) atoms. The molecule has 0 heterocycles. The summed E-state index contributed by atoms with van der Waals surface area (Å²) in [7, 11) is 0. The molecule has 0 saturated heterocycles. The van der Waals surface area contributed by atoms with Crippen LogP contribution in [0.5, 0.6) is 0 Å². The molecular formula is C16H28N2O. The number of hydrogen-bond donors (Lipinski definition) is 2. The third-order valence-electron chi connectivity index (χ3n) is 5.69. The van der Waals surface area contributed by atoms with Crippen LogP contribution in [0, 0.1) is 23.2 Å². The van der Waals surface area contributed by atoms with Gasteiger partial charge in [-0.1, -0.05) is 0 Å². The van der Waals surface area contributed by atoms with Gasteiger partial charge >= 0.3 is 0 Å². The summed E-state index contributed by atoms with van der Waals surface area (Å²) in [6, 6.07) is 0. The first-order chi connectivity index (χ1) is 8.86. The molecule has 3 heteroatoms. The van der Waals surface area contributed by atoms with Crippen LogP contribution in [0.2, 0.25) is 0 Å². The number of nitrogens with two attached hydrogens (primary N) is 1. The first kappa shape index (κ1) is 13.4. The summed E-state index contributed by atoms with van der Waals surface area (Å²) < 4.78 is 0. The molecule has 4 aliphatic carbocycles. The van der Waals surface area contributed by atoms with Gasteiger partial charge in [0.1, 0.15) is 0 Å². The molecular weight excluding hydrogens is 236 g/mol. The van der Waals surface area contributed by atoms with E-state index in [1.165, 1.54) is 44.9 Å². The molecule has 108 valence electrons. The molecule has 4 aliphatic rings. The van der Waals surface area contributed by atoms with E-state index in [4.69, 9.17) is 5.73 Å². The summed E-state index contributed by atoms with van der Waals surface area (Å²) in [5.74, 6) is 2.96. The molecule has 3 nitrogen and oxygen atoms in total. The topological polar surface area (TPSA) is 55.1 Å². The van der Waals surface area contributed by atoms with Crippen molar-refractivity contribution in [3.63, 3.8) is 0 Å². The molecule has 3 N–H and O–H groups in total. The van der Waals surface area contributed by atoms with E-state index < -0.39 is 5.54 Å². The summed E-state index contributed by atoms with van der Waals surface area (Å²) in [6.07, 6.45) is 9.88. The van der Waals surface area contributed by atoms with Crippen molar-refractivity contribution < 1.29 is 4.79 Å². The highest BCUT2D eigenvalue weighted by molar-refractivity contribution is 5.84. The van der Waals surface area contributed by atoms with E-state index in [2.05, 4.69) is 5.32 Å². The fraction of sp³-hybridized carbons (Fsp3) is 0.938. The zero-order chi connectivity index (χ0) is 13.7. The van der Waals surface area contributed by atoms with Gasteiger partial charge in [-0.25, -0.2) is 0 Å². The lowest BCUT2D eigenvalue weighted by Gasteiger charge is -2.57. The van der Waals surface area contributed by atoms with Crippen LogP contribution in [0.3, 0.4) is 0 Å². The normalized spacial score (nSPS) is 40.5. The highest BCUT2D eigenvalue weighted by Gasteiger charge is 2.50. The third kappa shape index (κ3) is 2.67. The molecule has 0 aliphatic heterocycles. The van der Waals surface area contributed by atoms with E-state index in [9.17, 15) is 4.79 Å². The lowest BCUT2D eigenvalue weighted by atomic mass is 9.49. The summed E-state index contributed by atoms with van der Waals surface area (Å²) in [5.41, 5.74) is 5.62. The largest absolute Gasteiger partial charge is 0.355 e. The van der Waals surface area contributed by atoms with Gasteiger partial charge in [0.05, 0.1) is 5.54 Å². The Balaban J connectivity index is 1.54.